The van der Waals surface area contributed by atoms with E-state index < -0.39 is 0 Å². The van der Waals surface area contributed by atoms with Crippen LogP contribution in [0.5, 0.6) is 0 Å². The molecule has 0 N–H and O–H groups in total. The first-order chi connectivity index (χ1) is 16.7. The minimum atomic E-state index is -0.130. The standard InChI is InChI=1S/C31H23OS2/c1-3-9-29-20(2)24-12-7-8-13-30(24)34(29)23-15-17-28-26(19-23)25-18-22(14-16-27(25)33-28)31(32)21-10-5-4-6-11-21/h3-19H,1-2H3/q+1/b9-3-. The second-order valence-corrected chi connectivity index (χ2v) is 11.5. The first kappa shape index (κ1) is 21.0. The molecule has 0 radical (unpaired) electrons. The summed E-state index contributed by atoms with van der Waals surface area (Å²) in [5, 5.41) is 3.74. The smallest absolute Gasteiger partial charge is 0.193 e. The number of hydrogen-bond acceptors (Lipinski definition) is 2. The predicted molar refractivity (Wildman–Crippen MR) is 150 cm³/mol. The highest BCUT2D eigenvalue weighted by atomic mass is 32.2. The van der Waals surface area contributed by atoms with E-state index in [0.29, 0.717) is 0 Å². The van der Waals surface area contributed by atoms with Crippen LogP contribution in [0.4, 0.5) is 0 Å². The Hall–Kier alpha value is -3.53. The summed E-state index contributed by atoms with van der Waals surface area (Å²) in [5.74, 6) is 0.0681. The van der Waals surface area contributed by atoms with Gasteiger partial charge in [-0.25, -0.2) is 0 Å². The highest BCUT2D eigenvalue weighted by molar-refractivity contribution is 7.46. The van der Waals surface area contributed by atoms with Crippen molar-refractivity contribution in [2.24, 2.45) is 0 Å². The Labute approximate surface area is 205 Å². The highest BCUT2D eigenvalue weighted by Gasteiger charge is 2.26. The number of allylic oxidation sites excluding steroid dienone is 1. The molecular weight excluding hydrogens is 452 g/mol. The van der Waals surface area contributed by atoms with E-state index in [1.54, 1.807) is 11.3 Å². The molecule has 6 aromatic rings. The Balaban J connectivity index is 1.57. The Kier molecular flexibility index (Phi) is 5.17. The molecule has 0 spiro atoms. The average Bonchev–Trinajstić information content (AvgIpc) is 3.38. The summed E-state index contributed by atoms with van der Waals surface area (Å²) >= 11 is 1.79. The first-order valence-electron chi connectivity index (χ1n) is 11.4. The van der Waals surface area contributed by atoms with Gasteiger partial charge in [-0.3, -0.25) is 4.79 Å². The van der Waals surface area contributed by atoms with Crippen LogP contribution in [-0.2, 0) is 0 Å². The molecule has 1 atom stereocenters. The van der Waals surface area contributed by atoms with Gasteiger partial charge in [0.05, 0.1) is 0 Å². The predicted octanol–water partition coefficient (Wildman–Crippen LogP) is 9.52. The number of aryl methyl sites for hydroxylation is 1. The fourth-order valence-electron chi connectivity index (χ4n) is 4.74. The lowest BCUT2D eigenvalue weighted by molar-refractivity contribution is 0.103. The first-order valence-corrected chi connectivity index (χ1v) is 13.4. The summed E-state index contributed by atoms with van der Waals surface area (Å²) in [4.78, 5) is 15.8. The van der Waals surface area contributed by atoms with Crippen molar-refractivity contribution >= 4 is 63.9 Å². The number of benzene rings is 4. The van der Waals surface area contributed by atoms with Gasteiger partial charge in [-0.1, -0.05) is 48.5 Å². The van der Waals surface area contributed by atoms with Gasteiger partial charge in [-0.2, -0.15) is 0 Å². The summed E-state index contributed by atoms with van der Waals surface area (Å²) in [7, 11) is -0.130. The number of rotatable bonds is 4. The van der Waals surface area contributed by atoms with Crippen LogP contribution in [0.2, 0.25) is 0 Å². The number of hydrogen-bond donors (Lipinski definition) is 0. The van der Waals surface area contributed by atoms with Crippen LogP contribution in [-0.4, -0.2) is 5.78 Å². The van der Waals surface area contributed by atoms with E-state index in [0.717, 1.165) is 16.5 Å². The number of ketones is 1. The third-order valence-corrected chi connectivity index (χ3v) is 9.95. The van der Waals surface area contributed by atoms with E-state index in [4.69, 9.17) is 0 Å². The second kappa shape index (κ2) is 8.35. The average molecular weight is 476 g/mol. The maximum Gasteiger partial charge on any atom is 0.193 e. The van der Waals surface area contributed by atoms with Crippen LogP contribution in [0, 0.1) is 6.92 Å². The third-order valence-electron chi connectivity index (χ3n) is 6.39. The lowest BCUT2D eigenvalue weighted by Crippen LogP contribution is -2.00. The molecule has 1 unspecified atom stereocenters. The molecule has 2 aromatic heterocycles. The van der Waals surface area contributed by atoms with Crippen molar-refractivity contribution in [2.45, 2.75) is 13.8 Å². The van der Waals surface area contributed by atoms with Gasteiger partial charge in [-0.15, -0.1) is 11.3 Å². The summed E-state index contributed by atoms with van der Waals surface area (Å²) in [5.41, 5.74) is 2.83. The summed E-state index contributed by atoms with van der Waals surface area (Å²) in [6.45, 7) is 4.33. The SMILES string of the molecule is C/C=C\c1c(C)c2ccccc2[s+]1-c1ccc2sc3ccc(C(=O)c4ccccc4)cc3c2c1. The quantitative estimate of drug-likeness (QED) is 0.183. The van der Waals surface area contributed by atoms with E-state index in [2.05, 4.69) is 80.6 Å². The van der Waals surface area contributed by atoms with Crippen molar-refractivity contribution in [1.29, 1.82) is 0 Å². The minimum absolute atomic E-state index is 0.0681. The fourth-order valence-corrected chi connectivity index (χ4v) is 8.33. The van der Waals surface area contributed by atoms with Crippen LogP contribution in [0.3, 0.4) is 0 Å². The lowest BCUT2D eigenvalue weighted by atomic mass is 10.0. The molecule has 6 rings (SSSR count). The number of fused-ring (bicyclic) bond motifs is 4. The highest BCUT2D eigenvalue weighted by Crippen LogP contribution is 2.49. The van der Waals surface area contributed by atoms with Crippen molar-refractivity contribution in [2.75, 3.05) is 0 Å². The van der Waals surface area contributed by atoms with Crippen molar-refractivity contribution in [3.63, 3.8) is 0 Å². The topological polar surface area (TPSA) is 17.1 Å². The molecule has 0 saturated heterocycles. The van der Waals surface area contributed by atoms with E-state index in [1.165, 1.54) is 40.2 Å². The number of carbonyl (C=O) groups excluding carboxylic acids is 1. The van der Waals surface area contributed by atoms with Gasteiger partial charge >= 0.3 is 0 Å². The van der Waals surface area contributed by atoms with Crippen molar-refractivity contribution < 1.29 is 4.79 Å². The zero-order valence-electron chi connectivity index (χ0n) is 19.0. The molecule has 0 aliphatic heterocycles. The van der Waals surface area contributed by atoms with Crippen molar-refractivity contribution in [3.8, 4) is 4.90 Å². The zero-order valence-corrected chi connectivity index (χ0v) is 20.7. The molecule has 3 heteroatoms. The molecule has 0 aliphatic rings. The van der Waals surface area contributed by atoms with Crippen LogP contribution >= 0.6 is 21.8 Å². The molecule has 0 fully saturated rings. The Morgan fingerprint density at radius 1 is 0.765 bits per heavy atom. The van der Waals surface area contributed by atoms with Crippen LogP contribution in [0.1, 0.15) is 33.3 Å². The van der Waals surface area contributed by atoms with Crippen molar-refractivity contribution in [1.82, 2.24) is 0 Å². The van der Waals surface area contributed by atoms with Gasteiger partial charge in [0.1, 0.15) is 0 Å². The Bertz CT molecular complexity index is 1730. The molecule has 164 valence electrons. The van der Waals surface area contributed by atoms with E-state index >= 15 is 0 Å². The number of thiophene rings is 2. The van der Waals surface area contributed by atoms with Crippen LogP contribution in [0.25, 0.3) is 41.2 Å². The van der Waals surface area contributed by atoms with Crippen LogP contribution in [0.15, 0.2) is 97.1 Å². The maximum absolute atomic E-state index is 13.1. The Morgan fingerprint density at radius 3 is 2.26 bits per heavy atom. The molecule has 0 saturated carbocycles. The van der Waals surface area contributed by atoms with Gasteiger partial charge in [0, 0.05) is 58.8 Å². The molecule has 0 aliphatic carbocycles. The van der Waals surface area contributed by atoms with Gasteiger partial charge in [-0.05, 0) is 62.4 Å². The molecule has 0 bridgehead atoms. The molecular formula is C31H23OS2+. The fraction of sp³-hybridized carbons (Fsp3) is 0.0645. The maximum atomic E-state index is 13.1. The van der Waals surface area contributed by atoms with E-state index in [-0.39, 0.29) is 16.3 Å². The molecule has 34 heavy (non-hydrogen) atoms. The van der Waals surface area contributed by atoms with Gasteiger partial charge in [0.2, 0.25) is 0 Å². The zero-order chi connectivity index (χ0) is 23.2. The van der Waals surface area contributed by atoms with Gasteiger partial charge in [0.25, 0.3) is 0 Å². The van der Waals surface area contributed by atoms with E-state index in [9.17, 15) is 4.79 Å². The molecule has 4 aromatic carbocycles. The lowest BCUT2D eigenvalue weighted by Gasteiger charge is -2.02. The monoisotopic (exact) mass is 475 g/mol. The summed E-state index contributed by atoms with van der Waals surface area (Å²) in [6.07, 6.45) is 4.41. The largest absolute Gasteiger partial charge is 0.289 e. The number of carbonyl (C=O) groups is 1. The Morgan fingerprint density at radius 2 is 1.47 bits per heavy atom. The van der Waals surface area contributed by atoms with Crippen molar-refractivity contribution in [3.05, 3.63) is 119 Å². The van der Waals surface area contributed by atoms with Gasteiger partial charge in [0.15, 0.2) is 20.3 Å². The van der Waals surface area contributed by atoms with E-state index in [1.807, 2.05) is 36.4 Å². The third kappa shape index (κ3) is 3.32. The molecule has 0 amide bonds. The summed E-state index contributed by atoms with van der Waals surface area (Å²) < 4.78 is 3.87. The molecule has 2 heterocycles. The van der Waals surface area contributed by atoms with Gasteiger partial charge < -0.3 is 0 Å². The molecule has 1 nitrogen and oxygen atoms in total. The second-order valence-electron chi connectivity index (χ2n) is 8.46. The summed E-state index contributed by atoms with van der Waals surface area (Å²) in [6, 6.07) is 31.3. The normalized spacial score (nSPS) is 12.4. The van der Waals surface area contributed by atoms with Crippen LogP contribution < -0.4 is 0 Å². The minimum Gasteiger partial charge on any atom is -0.289 e.